The molecule has 2 aromatic rings. The van der Waals surface area contributed by atoms with Crippen LogP contribution in [0.2, 0.25) is 5.02 Å². The number of aliphatic hydroxyl groups is 1. The third-order valence-electron chi connectivity index (χ3n) is 3.24. The Balaban J connectivity index is 2.27. The van der Waals surface area contributed by atoms with Crippen LogP contribution in [0, 0.1) is 6.92 Å². The smallest absolute Gasteiger partial charge is 0.0503 e. The second kappa shape index (κ2) is 6.56. The van der Waals surface area contributed by atoms with Crippen molar-refractivity contribution in [2.75, 3.05) is 6.61 Å². The Kier molecular flexibility index (Phi) is 5.03. The highest BCUT2D eigenvalue weighted by atomic mass is 79.9. The fourth-order valence-corrected chi connectivity index (χ4v) is 3.08. The van der Waals surface area contributed by atoms with E-state index in [1.54, 1.807) is 0 Å². The Bertz CT molecular complexity index is 568. The average molecular weight is 340 g/mol. The van der Waals surface area contributed by atoms with Gasteiger partial charge in [0.15, 0.2) is 0 Å². The molecule has 19 heavy (non-hydrogen) atoms. The van der Waals surface area contributed by atoms with E-state index in [-0.39, 0.29) is 12.5 Å². The van der Waals surface area contributed by atoms with Crippen LogP contribution >= 0.6 is 27.5 Å². The number of rotatable bonds is 4. The van der Waals surface area contributed by atoms with Crippen molar-refractivity contribution in [3.8, 4) is 0 Å². The third kappa shape index (κ3) is 3.59. The molecule has 0 amide bonds. The van der Waals surface area contributed by atoms with Crippen molar-refractivity contribution in [1.29, 1.82) is 0 Å². The normalized spacial score (nSPS) is 12.4. The van der Waals surface area contributed by atoms with Gasteiger partial charge in [-0.05, 0) is 42.2 Å². The van der Waals surface area contributed by atoms with Gasteiger partial charge in [0, 0.05) is 15.4 Å². The van der Waals surface area contributed by atoms with Crippen molar-refractivity contribution in [1.82, 2.24) is 0 Å². The number of hydrogen-bond acceptors (Lipinski definition) is 1. The van der Waals surface area contributed by atoms with Gasteiger partial charge >= 0.3 is 0 Å². The Morgan fingerprint density at radius 2 is 1.95 bits per heavy atom. The van der Waals surface area contributed by atoms with E-state index in [2.05, 4.69) is 22.0 Å². The SMILES string of the molecule is Cc1ccc(CC(CO)c2ccccc2Br)c(Cl)c1. The van der Waals surface area contributed by atoms with Crippen LogP contribution in [-0.2, 0) is 6.42 Å². The molecule has 0 heterocycles. The van der Waals surface area contributed by atoms with Gasteiger partial charge in [-0.3, -0.25) is 0 Å². The van der Waals surface area contributed by atoms with Gasteiger partial charge in [-0.15, -0.1) is 0 Å². The van der Waals surface area contributed by atoms with Crippen molar-refractivity contribution >= 4 is 27.5 Å². The maximum atomic E-state index is 9.65. The maximum Gasteiger partial charge on any atom is 0.0503 e. The molecule has 0 fully saturated rings. The number of benzene rings is 2. The van der Waals surface area contributed by atoms with E-state index in [0.717, 1.165) is 32.6 Å². The predicted molar refractivity (Wildman–Crippen MR) is 83.9 cm³/mol. The lowest BCUT2D eigenvalue weighted by atomic mass is 9.92. The van der Waals surface area contributed by atoms with Crippen molar-refractivity contribution < 1.29 is 5.11 Å². The van der Waals surface area contributed by atoms with E-state index in [1.807, 2.05) is 43.3 Å². The molecule has 0 aliphatic carbocycles. The molecule has 0 saturated heterocycles. The summed E-state index contributed by atoms with van der Waals surface area (Å²) >= 11 is 9.80. The Hall–Kier alpha value is -0.830. The van der Waals surface area contributed by atoms with Gasteiger partial charge in [-0.25, -0.2) is 0 Å². The molecule has 100 valence electrons. The van der Waals surface area contributed by atoms with Gasteiger partial charge < -0.3 is 5.11 Å². The molecule has 3 heteroatoms. The number of aryl methyl sites for hydroxylation is 1. The van der Waals surface area contributed by atoms with Gasteiger partial charge in [0.05, 0.1) is 6.61 Å². The lowest BCUT2D eigenvalue weighted by Gasteiger charge is -2.17. The fraction of sp³-hybridized carbons (Fsp3) is 0.250. The molecule has 1 N–H and O–H groups in total. The first-order chi connectivity index (χ1) is 9.11. The van der Waals surface area contributed by atoms with Crippen LogP contribution in [-0.4, -0.2) is 11.7 Å². The monoisotopic (exact) mass is 338 g/mol. The van der Waals surface area contributed by atoms with Gasteiger partial charge in [-0.2, -0.15) is 0 Å². The number of hydrogen-bond donors (Lipinski definition) is 1. The molecule has 0 aromatic heterocycles. The fourth-order valence-electron chi connectivity index (χ4n) is 2.16. The molecule has 0 saturated carbocycles. The Labute approximate surface area is 127 Å². The van der Waals surface area contributed by atoms with E-state index in [1.165, 1.54) is 0 Å². The summed E-state index contributed by atoms with van der Waals surface area (Å²) < 4.78 is 1.03. The largest absolute Gasteiger partial charge is 0.396 e. The third-order valence-corrected chi connectivity index (χ3v) is 4.31. The molecule has 2 rings (SSSR count). The van der Waals surface area contributed by atoms with E-state index >= 15 is 0 Å². The predicted octanol–water partition coefficient (Wildman–Crippen LogP) is 4.73. The van der Waals surface area contributed by atoms with Crippen LogP contribution in [0.25, 0.3) is 0 Å². The summed E-state index contributed by atoms with van der Waals surface area (Å²) in [6.07, 6.45) is 0.734. The first-order valence-electron chi connectivity index (χ1n) is 6.22. The van der Waals surface area contributed by atoms with Gasteiger partial charge in [-0.1, -0.05) is 57.9 Å². The zero-order valence-electron chi connectivity index (χ0n) is 10.7. The zero-order chi connectivity index (χ0) is 13.8. The van der Waals surface area contributed by atoms with Crippen molar-refractivity contribution in [2.45, 2.75) is 19.3 Å². The van der Waals surface area contributed by atoms with Crippen LogP contribution in [0.3, 0.4) is 0 Å². The maximum absolute atomic E-state index is 9.65. The van der Waals surface area contributed by atoms with E-state index in [0.29, 0.717) is 0 Å². The Morgan fingerprint density at radius 1 is 1.21 bits per heavy atom. The zero-order valence-corrected chi connectivity index (χ0v) is 13.1. The minimum absolute atomic E-state index is 0.0516. The molecule has 0 bridgehead atoms. The molecule has 0 spiro atoms. The lowest BCUT2D eigenvalue weighted by Crippen LogP contribution is -2.09. The number of aliphatic hydroxyl groups excluding tert-OH is 1. The highest BCUT2D eigenvalue weighted by Gasteiger charge is 2.15. The Morgan fingerprint density at radius 3 is 2.58 bits per heavy atom. The summed E-state index contributed by atoms with van der Waals surface area (Å²) in [5.74, 6) is 0.0516. The van der Waals surface area contributed by atoms with Crippen LogP contribution < -0.4 is 0 Å². The highest BCUT2D eigenvalue weighted by Crippen LogP contribution is 2.30. The van der Waals surface area contributed by atoms with Crippen LogP contribution in [0.15, 0.2) is 46.9 Å². The molecule has 0 aliphatic heterocycles. The minimum atomic E-state index is 0.0516. The first-order valence-corrected chi connectivity index (χ1v) is 7.39. The van der Waals surface area contributed by atoms with Crippen molar-refractivity contribution in [3.05, 3.63) is 68.7 Å². The molecule has 1 nitrogen and oxygen atoms in total. The number of halogens is 2. The van der Waals surface area contributed by atoms with Gasteiger partial charge in [0.1, 0.15) is 0 Å². The van der Waals surface area contributed by atoms with Gasteiger partial charge in [0.2, 0.25) is 0 Å². The highest BCUT2D eigenvalue weighted by molar-refractivity contribution is 9.10. The van der Waals surface area contributed by atoms with Crippen LogP contribution in [0.4, 0.5) is 0 Å². The summed E-state index contributed by atoms with van der Waals surface area (Å²) in [5.41, 5.74) is 3.33. The molecular formula is C16H16BrClO. The van der Waals surface area contributed by atoms with Crippen molar-refractivity contribution in [3.63, 3.8) is 0 Å². The summed E-state index contributed by atoms with van der Waals surface area (Å²) in [6, 6.07) is 14.0. The molecule has 1 atom stereocenters. The van der Waals surface area contributed by atoms with E-state index in [9.17, 15) is 5.11 Å². The van der Waals surface area contributed by atoms with Crippen LogP contribution in [0.1, 0.15) is 22.6 Å². The molecule has 0 aliphatic rings. The minimum Gasteiger partial charge on any atom is -0.396 e. The van der Waals surface area contributed by atoms with Gasteiger partial charge in [0.25, 0.3) is 0 Å². The summed E-state index contributed by atoms with van der Waals surface area (Å²) in [4.78, 5) is 0. The molecular weight excluding hydrogens is 324 g/mol. The molecule has 0 radical (unpaired) electrons. The van der Waals surface area contributed by atoms with Crippen LogP contribution in [0.5, 0.6) is 0 Å². The standard InChI is InChI=1S/C16H16BrClO/c1-11-6-7-12(16(18)8-11)9-13(10-19)14-4-2-3-5-15(14)17/h2-8,13,19H,9-10H2,1H3. The average Bonchev–Trinajstić information content (AvgIpc) is 2.39. The second-order valence-corrected chi connectivity index (χ2v) is 5.96. The summed E-state index contributed by atoms with van der Waals surface area (Å²) in [6.45, 7) is 2.12. The van der Waals surface area contributed by atoms with E-state index < -0.39 is 0 Å². The molecule has 1 unspecified atom stereocenters. The second-order valence-electron chi connectivity index (χ2n) is 4.70. The first kappa shape index (κ1) is 14.6. The summed E-state index contributed by atoms with van der Waals surface area (Å²) in [5, 5.41) is 10.4. The van der Waals surface area contributed by atoms with E-state index in [4.69, 9.17) is 11.6 Å². The van der Waals surface area contributed by atoms with Crippen molar-refractivity contribution in [2.24, 2.45) is 0 Å². The quantitative estimate of drug-likeness (QED) is 0.854. The molecule has 2 aromatic carbocycles. The lowest BCUT2D eigenvalue weighted by molar-refractivity contribution is 0.264. The summed E-state index contributed by atoms with van der Waals surface area (Å²) in [7, 11) is 0. The topological polar surface area (TPSA) is 20.2 Å².